The lowest BCUT2D eigenvalue weighted by molar-refractivity contribution is 0.369. The predicted octanol–water partition coefficient (Wildman–Crippen LogP) is 4.66. The maximum Gasteiger partial charge on any atom is -0.0173 e. The third-order valence-corrected chi connectivity index (χ3v) is 4.59. The van der Waals surface area contributed by atoms with Crippen LogP contribution in [0.2, 0.25) is 0 Å². The molecular formula is C15H26. The first-order chi connectivity index (χ1) is 6.88. The fraction of sp³-hybridized carbons (Fsp3) is 0.867. The van der Waals surface area contributed by atoms with E-state index in [9.17, 15) is 0 Å². The fourth-order valence-corrected chi connectivity index (χ4v) is 3.35. The van der Waals surface area contributed by atoms with Gasteiger partial charge in [-0.25, -0.2) is 0 Å². The molecule has 0 nitrogen and oxygen atoms in total. The molecule has 0 heterocycles. The molecule has 2 rings (SSSR count). The summed E-state index contributed by atoms with van der Waals surface area (Å²) in [6.07, 6.45) is 6.95. The van der Waals surface area contributed by atoms with E-state index in [2.05, 4.69) is 40.7 Å². The van der Waals surface area contributed by atoms with Crippen molar-refractivity contribution in [3.63, 3.8) is 0 Å². The highest BCUT2D eigenvalue weighted by atomic mass is 14.4. The van der Waals surface area contributed by atoms with E-state index >= 15 is 0 Å². The minimum Gasteiger partial charge on any atom is -0.0814 e. The summed E-state index contributed by atoms with van der Waals surface area (Å²) in [5, 5.41) is 0. The van der Waals surface area contributed by atoms with Gasteiger partial charge in [0.2, 0.25) is 0 Å². The van der Waals surface area contributed by atoms with Gasteiger partial charge >= 0.3 is 0 Å². The van der Waals surface area contributed by atoms with E-state index in [1.165, 1.54) is 19.3 Å². The lowest BCUT2D eigenvalue weighted by Crippen LogP contribution is -2.10. The summed E-state index contributed by atoms with van der Waals surface area (Å²) in [6.45, 7) is 11.9. The molecule has 0 N–H and O–H groups in total. The van der Waals surface area contributed by atoms with Gasteiger partial charge in [0.15, 0.2) is 0 Å². The molecule has 3 atom stereocenters. The zero-order valence-corrected chi connectivity index (χ0v) is 11.0. The SMILES string of the molecule is CC(C)C1CC2C=C(C(C)(C)C)CC2C1. The first kappa shape index (κ1) is 11.2. The van der Waals surface area contributed by atoms with E-state index in [0.29, 0.717) is 5.41 Å². The number of rotatable bonds is 1. The predicted molar refractivity (Wildman–Crippen MR) is 66.7 cm³/mol. The molecule has 2 aliphatic rings. The van der Waals surface area contributed by atoms with Crippen LogP contribution in [0.3, 0.4) is 0 Å². The van der Waals surface area contributed by atoms with E-state index < -0.39 is 0 Å². The van der Waals surface area contributed by atoms with Crippen LogP contribution in [-0.4, -0.2) is 0 Å². The van der Waals surface area contributed by atoms with Gasteiger partial charge in [-0.15, -0.1) is 0 Å². The number of fused-ring (bicyclic) bond motifs is 1. The molecule has 86 valence electrons. The van der Waals surface area contributed by atoms with E-state index in [1.807, 2.05) is 0 Å². The monoisotopic (exact) mass is 206 g/mol. The van der Waals surface area contributed by atoms with Gasteiger partial charge in [0.25, 0.3) is 0 Å². The van der Waals surface area contributed by atoms with Gasteiger partial charge in [-0.05, 0) is 48.3 Å². The molecule has 2 aliphatic carbocycles. The normalized spacial score (nSPS) is 35.9. The van der Waals surface area contributed by atoms with Gasteiger partial charge in [0.1, 0.15) is 0 Å². The third-order valence-electron chi connectivity index (χ3n) is 4.59. The van der Waals surface area contributed by atoms with E-state index in [0.717, 1.165) is 23.7 Å². The second-order valence-electron chi connectivity index (χ2n) is 7.05. The molecule has 0 spiro atoms. The van der Waals surface area contributed by atoms with Gasteiger partial charge in [-0.1, -0.05) is 46.3 Å². The van der Waals surface area contributed by atoms with E-state index in [4.69, 9.17) is 0 Å². The van der Waals surface area contributed by atoms with Crippen molar-refractivity contribution in [1.82, 2.24) is 0 Å². The summed E-state index contributed by atoms with van der Waals surface area (Å²) in [7, 11) is 0. The van der Waals surface area contributed by atoms with E-state index in [-0.39, 0.29) is 0 Å². The van der Waals surface area contributed by atoms with Crippen molar-refractivity contribution in [3.8, 4) is 0 Å². The second-order valence-corrected chi connectivity index (χ2v) is 7.05. The molecule has 0 amide bonds. The topological polar surface area (TPSA) is 0 Å². The molecule has 0 radical (unpaired) electrons. The van der Waals surface area contributed by atoms with Crippen molar-refractivity contribution in [2.24, 2.45) is 29.1 Å². The highest BCUT2D eigenvalue weighted by molar-refractivity contribution is 5.21. The molecule has 0 aromatic heterocycles. The Kier molecular flexibility index (Phi) is 2.73. The van der Waals surface area contributed by atoms with Crippen molar-refractivity contribution < 1.29 is 0 Å². The van der Waals surface area contributed by atoms with Crippen molar-refractivity contribution in [3.05, 3.63) is 11.6 Å². The van der Waals surface area contributed by atoms with Crippen LogP contribution in [-0.2, 0) is 0 Å². The number of hydrogen-bond donors (Lipinski definition) is 0. The van der Waals surface area contributed by atoms with Gasteiger partial charge in [0, 0.05) is 0 Å². The van der Waals surface area contributed by atoms with Crippen LogP contribution < -0.4 is 0 Å². The van der Waals surface area contributed by atoms with Gasteiger partial charge in [0.05, 0.1) is 0 Å². The third kappa shape index (κ3) is 2.14. The van der Waals surface area contributed by atoms with Gasteiger partial charge in [-0.2, -0.15) is 0 Å². The highest BCUT2D eigenvalue weighted by Crippen LogP contribution is 2.51. The maximum absolute atomic E-state index is 2.62. The molecule has 0 aliphatic heterocycles. The standard InChI is InChI=1S/C15H26/c1-10(2)11-6-12-8-14(15(3,4)5)9-13(12)7-11/h8,10-13H,6-7,9H2,1-5H3. The van der Waals surface area contributed by atoms with Crippen molar-refractivity contribution in [2.45, 2.75) is 53.9 Å². The molecule has 0 aromatic rings. The molecule has 0 aromatic carbocycles. The van der Waals surface area contributed by atoms with Gasteiger partial charge in [-0.3, -0.25) is 0 Å². The smallest absolute Gasteiger partial charge is 0.0173 e. The Morgan fingerprint density at radius 3 is 2.33 bits per heavy atom. The Hall–Kier alpha value is -0.260. The minimum atomic E-state index is 0.414. The van der Waals surface area contributed by atoms with Crippen LogP contribution in [0.15, 0.2) is 11.6 Å². The van der Waals surface area contributed by atoms with Crippen LogP contribution >= 0.6 is 0 Å². The molecular weight excluding hydrogens is 180 g/mol. The molecule has 1 saturated carbocycles. The van der Waals surface area contributed by atoms with Crippen molar-refractivity contribution >= 4 is 0 Å². The maximum atomic E-state index is 2.62. The minimum absolute atomic E-state index is 0.414. The molecule has 0 heteroatoms. The lowest BCUT2D eigenvalue weighted by Gasteiger charge is -2.22. The molecule has 0 saturated heterocycles. The summed E-state index contributed by atoms with van der Waals surface area (Å²) in [5.41, 5.74) is 2.14. The van der Waals surface area contributed by atoms with Crippen LogP contribution in [0.1, 0.15) is 53.9 Å². The summed E-state index contributed by atoms with van der Waals surface area (Å²) in [6, 6.07) is 0. The Labute approximate surface area is 95.1 Å². The highest BCUT2D eigenvalue weighted by Gasteiger charge is 2.40. The lowest BCUT2D eigenvalue weighted by atomic mass is 9.83. The average molecular weight is 206 g/mol. The van der Waals surface area contributed by atoms with Crippen LogP contribution in [0.5, 0.6) is 0 Å². The Balaban J connectivity index is 2.04. The molecule has 1 fully saturated rings. The van der Waals surface area contributed by atoms with Crippen molar-refractivity contribution in [1.29, 1.82) is 0 Å². The van der Waals surface area contributed by atoms with Crippen LogP contribution in [0, 0.1) is 29.1 Å². The van der Waals surface area contributed by atoms with E-state index in [1.54, 1.807) is 5.57 Å². The first-order valence-corrected chi connectivity index (χ1v) is 6.59. The Bertz CT molecular complexity index is 264. The zero-order valence-electron chi connectivity index (χ0n) is 11.0. The summed E-state index contributed by atoms with van der Waals surface area (Å²) in [4.78, 5) is 0. The number of allylic oxidation sites excluding steroid dienone is 2. The summed E-state index contributed by atoms with van der Waals surface area (Å²) >= 11 is 0. The van der Waals surface area contributed by atoms with Crippen LogP contribution in [0.4, 0.5) is 0 Å². The Morgan fingerprint density at radius 1 is 1.20 bits per heavy atom. The summed E-state index contributed by atoms with van der Waals surface area (Å²) in [5.74, 6) is 3.80. The second kappa shape index (κ2) is 3.64. The molecule has 15 heavy (non-hydrogen) atoms. The largest absolute Gasteiger partial charge is 0.0814 e. The Morgan fingerprint density at radius 2 is 1.87 bits per heavy atom. The average Bonchev–Trinajstić information content (AvgIpc) is 2.55. The fourth-order valence-electron chi connectivity index (χ4n) is 3.35. The zero-order chi connectivity index (χ0) is 11.2. The van der Waals surface area contributed by atoms with Gasteiger partial charge < -0.3 is 0 Å². The van der Waals surface area contributed by atoms with Crippen molar-refractivity contribution in [2.75, 3.05) is 0 Å². The molecule has 3 unspecified atom stereocenters. The summed E-state index contributed by atoms with van der Waals surface area (Å²) < 4.78 is 0. The van der Waals surface area contributed by atoms with Crippen LogP contribution in [0.25, 0.3) is 0 Å². The number of hydrogen-bond acceptors (Lipinski definition) is 0. The molecule has 0 bridgehead atoms. The quantitative estimate of drug-likeness (QED) is 0.547. The first-order valence-electron chi connectivity index (χ1n) is 6.59.